The molecule has 0 aromatic rings. The Morgan fingerprint density at radius 2 is 2.60 bits per heavy atom. The summed E-state index contributed by atoms with van der Waals surface area (Å²) in [7, 11) is 0. The molecule has 1 fully saturated rings. The van der Waals surface area contributed by atoms with Crippen LogP contribution in [-0.2, 0) is 4.79 Å². The van der Waals surface area contributed by atoms with Gasteiger partial charge < -0.3 is 0 Å². The number of allylic oxidation sites excluding steroid dienone is 1. The van der Waals surface area contributed by atoms with Crippen molar-refractivity contribution in [3.8, 4) is 0 Å². The average Bonchev–Trinajstić information content (AvgIpc) is 2.33. The molecule has 1 unspecified atom stereocenters. The highest BCUT2D eigenvalue weighted by Gasteiger charge is 2.27. The Morgan fingerprint density at radius 3 is 3.50 bits per heavy atom. The maximum atomic E-state index is 10.8. The van der Waals surface area contributed by atoms with Crippen molar-refractivity contribution < 1.29 is 4.79 Å². The van der Waals surface area contributed by atoms with Gasteiger partial charge in [-0.25, -0.2) is 0 Å². The molecule has 0 radical (unpaired) electrons. The predicted molar refractivity (Wildman–Crippen MR) is 44.4 cm³/mol. The molecule has 10 heavy (non-hydrogen) atoms. The fraction of sp³-hybridized carbons (Fsp3) is 0.500. The Balaban J connectivity index is 2.13. The van der Waals surface area contributed by atoms with Gasteiger partial charge in [0, 0.05) is 23.0 Å². The van der Waals surface area contributed by atoms with Gasteiger partial charge in [0.25, 0.3) is 0 Å². The third kappa shape index (κ3) is 1.06. The van der Waals surface area contributed by atoms with E-state index in [4.69, 9.17) is 0 Å². The molecule has 1 saturated heterocycles. The van der Waals surface area contributed by atoms with E-state index in [1.807, 2.05) is 0 Å². The van der Waals surface area contributed by atoms with E-state index >= 15 is 0 Å². The maximum absolute atomic E-state index is 10.8. The minimum Gasteiger partial charge on any atom is -0.296 e. The zero-order valence-corrected chi connectivity index (χ0v) is 6.93. The lowest BCUT2D eigenvalue weighted by molar-refractivity contribution is -0.119. The van der Waals surface area contributed by atoms with Crippen LogP contribution in [0, 0.1) is 5.92 Å². The van der Waals surface area contributed by atoms with E-state index in [1.165, 1.54) is 16.9 Å². The molecule has 2 aliphatic rings. The van der Waals surface area contributed by atoms with Crippen molar-refractivity contribution in [2.45, 2.75) is 6.42 Å². The summed E-state index contributed by atoms with van der Waals surface area (Å²) in [5, 5.41) is 2.15. The van der Waals surface area contributed by atoms with Gasteiger partial charge in [0.2, 0.25) is 5.91 Å². The second-order valence-electron chi connectivity index (χ2n) is 2.38. The van der Waals surface area contributed by atoms with Gasteiger partial charge in [0.1, 0.15) is 0 Å². The van der Waals surface area contributed by atoms with Crippen molar-refractivity contribution in [3.05, 3.63) is 10.3 Å². The topological polar surface area (TPSA) is 29.1 Å². The first-order chi connectivity index (χ1) is 4.86. The molecule has 2 aliphatic heterocycles. The minimum absolute atomic E-state index is 0.176. The van der Waals surface area contributed by atoms with Crippen molar-refractivity contribution in [2.75, 3.05) is 5.75 Å². The van der Waals surface area contributed by atoms with Gasteiger partial charge in [-0.3, -0.25) is 9.52 Å². The Morgan fingerprint density at radius 1 is 1.70 bits per heavy atom. The molecule has 0 aliphatic carbocycles. The molecular weight excluding hydrogens is 166 g/mol. The summed E-state index contributed by atoms with van der Waals surface area (Å²) < 4.78 is 2.75. The number of fused-ring (bicyclic) bond motifs is 1. The summed E-state index contributed by atoms with van der Waals surface area (Å²) in [4.78, 5) is 12.2. The Labute approximate surface area is 68.0 Å². The number of carbonyl (C=O) groups excluding carboxylic acids is 1. The fourth-order valence-corrected chi connectivity index (χ4v) is 3.21. The van der Waals surface area contributed by atoms with Crippen molar-refractivity contribution >= 4 is 29.6 Å². The molecule has 2 nitrogen and oxygen atoms in total. The molecule has 2 heterocycles. The van der Waals surface area contributed by atoms with Gasteiger partial charge in [0.05, 0.1) is 0 Å². The van der Waals surface area contributed by atoms with E-state index < -0.39 is 0 Å². The maximum Gasteiger partial charge on any atom is 0.230 e. The minimum atomic E-state index is 0.176. The van der Waals surface area contributed by atoms with Crippen molar-refractivity contribution in [2.24, 2.45) is 5.92 Å². The van der Waals surface area contributed by atoms with E-state index in [9.17, 15) is 4.79 Å². The summed E-state index contributed by atoms with van der Waals surface area (Å²) in [6.45, 7) is 0. The van der Waals surface area contributed by atoms with Crippen LogP contribution < -0.4 is 4.72 Å². The van der Waals surface area contributed by atoms with E-state index in [-0.39, 0.29) is 5.91 Å². The zero-order valence-electron chi connectivity index (χ0n) is 5.29. The van der Waals surface area contributed by atoms with Gasteiger partial charge in [-0.1, -0.05) is 0 Å². The lowest BCUT2D eigenvalue weighted by Crippen LogP contribution is -2.26. The summed E-state index contributed by atoms with van der Waals surface area (Å²) in [5.41, 5.74) is 0. The molecule has 1 N–H and O–H groups in total. The van der Waals surface area contributed by atoms with Crippen LogP contribution in [0.4, 0.5) is 0 Å². The SMILES string of the molecule is O=C1CC2CSC=C2SN1. The van der Waals surface area contributed by atoms with Crippen molar-refractivity contribution in [1.29, 1.82) is 0 Å². The highest BCUT2D eigenvalue weighted by Crippen LogP contribution is 2.39. The second-order valence-corrected chi connectivity index (χ2v) is 4.16. The number of amides is 1. The molecule has 0 bridgehead atoms. The molecule has 0 aromatic heterocycles. The predicted octanol–water partition coefficient (Wildman–Crippen LogP) is 1.36. The zero-order chi connectivity index (χ0) is 6.97. The van der Waals surface area contributed by atoms with E-state index in [2.05, 4.69) is 10.1 Å². The standard InChI is InChI=1S/C6H7NOS2/c8-6-1-4-2-9-3-5(4)10-7-6/h3-4H,1-2H2,(H,7,8). The van der Waals surface area contributed by atoms with Crippen molar-refractivity contribution in [1.82, 2.24) is 4.72 Å². The third-order valence-corrected chi connectivity index (χ3v) is 3.80. The number of hydrogen-bond acceptors (Lipinski definition) is 3. The smallest absolute Gasteiger partial charge is 0.230 e. The molecule has 1 atom stereocenters. The lowest BCUT2D eigenvalue weighted by Gasteiger charge is -2.18. The summed E-state index contributed by atoms with van der Waals surface area (Å²) in [6.07, 6.45) is 0.686. The number of thioether (sulfide) groups is 1. The summed E-state index contributed by atoms with van der Waals surface area (Å²) in [6, 6.07) is 0. The Bertz CT molecular complexity index is 202. The number of rotatable bonds is 0. The van der Waals surface area contributed by atoms with Crippen LogP contribution in [-0.4, -0.2) is 11.7 Å². The summed E-state index contributed by atoms with van der Waals surface area (Å²) >= 11 is 3.29. The van der Waals surface area contributed by atoms with Crippen LogP contribution in [0.15, 0.2) is 10.3 Å². The van der Waals surface area contributed by atoms with E-state index in [1.54, 1.807) is 11.8 Å². The first-order valence-electron chi connectivity index (χ1n) is 3.13. The number of carbonyl (C=O) groups is 1. The van der Waals surface area contributed by atoms with Gasteiger partial charge in [0.15, 0.2) is 0 Å². The van der Waals surface area contributed by atoms with Gasteiger partial charge in [-0.15, -0.1) is 11.8 Å². The molecule has 0 saturated carbocycles. The molecule has 1 amide bonds. The quantitative estimate of drug-likeness (QED) is 0.561. The monoisotopic (exact) mass is 173 g/mol. The Hall–Kier alpha value is -0.0900. The highest BCUT2D eigenvalue weighted by molar-refractivity contribution is 8.06. The van der Waals surface area contributed by atoms with Crippen LogP contribution in [0.5, 0.6) is 0 Å². The molecule has 0 aromatic carbocycles. The lowest BCUT2D eigenvalue weighted by atomic mass is 10.1. The van der Waals surface area contributed by atoms with Crippen LogP contribution in [0.2, 0.25) is 0 Å². The van der Waals surface area contributed by atoms with Crippen LogP contribution in [0.3, 0.4) is 0 Å². The van der Waals surface area contributed by atoms with E-state index in [0.29, 0.717) is 12.3 Å². The van der Waals surface area contributed by atoms with E-state index in [0.717, 1.165) is 5.75 Å². The molecule has 54 valence electrons. The molecule has 2 rings (SSSR count). The molecular formula is C6H7NOS2. The first-order valence-corrected chi connectivity index (χ1v) is 5.00. The van der Waals surface area contributed by atoms with Crippen LogP contribution in [0.1, 0.15) is 6.42 Å². The normalized spacial score (nSPS) is 31.0. The second kappa shape index (κ2) is 2.51. The average molecular weight is 173 g/mol. The third-order valence-electron chi connectivity index (χ3n) is 1.61. The largest absolute Gasteiger partial charge is 0.296 e. The number of hydrogen-bond donors (Lipinski definition) is 1. The fourth-order valence-electron chi connectivity index (χ4n) is 1.07. The highest BCUT2D eigenvalue weighted by atomic mass is 32.2. The van der Waals surface area contributed by atoms with Crippen LogP contribution >= 0.6 is 23.7 Å². The summed E-state index contributed by atoms with van der Waals surface area (Å²) in [5.74, 6) is 1.79. The van der Waals surface area contributed by atoms with Gasteiger partial charge >= 0.3 is 0 Å². The van der Waals surface area contributed by atoms with Gasteiger partial charge in [-0.05, 0) is 17.4 Å². The molecule has 4 heteroatoms. The van der Waals surface area contributed by atoms with Gasteiger partial charge in [-0.2, -0.15) is 0 Å². The Kier molecular flexibility index (Phi) is 1.66. The molecule has 0 spiro atoms. The van der Waals surface area contributed by atoms with Crippen LogP contribution in [0.25, 0.3) is 0 Å². The first kappa shape index (κ1) is 6.61. The number of nitrogens with one attached hydrogen (secondary N) is 1. The van der Waals surface area contributed by atoms with Crippen molar-refractivity contribution in [3.63, 3.8) is 0 Å².